The van der Waals surface area contributed by atoms with E-state index in [-0.39, 0.29) is 0 Å². The van der Waals surface area contributed by atoms with E-state index in [1.807, 2.05) is 0 Å². The van der Waals surface area contributed by atoms with E-state index >= 15 is 0 Å². The smallest absolute Gasteiger partial charge is 0.121 e. The zero-order chi connectivity index (χ0) is 8.85. The Morgan fingerprint density at radius 1 is 1.27 bits per heavy atom. The van der Waals surface area contributed by atoms with Crippen LogP contribution in [-0.2, 0) is 0 Å². The molecule has 0 aromatic heterocycles. The van der Waals surface area contributed by atoms with Gasteiger partial charge in [0.05, 0.1) is 12.8 Å². The lowest BCUT2D eigenvalue weighted by atomic mass is 10.1. The Morgan fingerprint density at radius 2 is 1.82 bits per heavy atom. The number of hydrogen-bond donors (Lipinski definition) is 5. The first kappa shape index (κ1) is 10.3. The summed E-state index contributed by atoms with van der Waals surface area (Å²) >= 11 is 0. The Labute approximate surface area is 63.0 Å². The number of hydrogen-bond acceptors (Lipinski definition) is 6. The van der Waals surface area contributed by atoms with Gasteiger partial charge in [-0.15, -0.1) is 0 Å². The standard InChI is InChI=1S/C5H11NO5/c7-2-4(9)5(10)3(8)1-6-11/h1,3-5,7-11H,2H2/b6-1+/t3-,4+,5-/m1/s1. The van der Waals surface area contributed by atoms with Crippen molar-refractivity contribution in [3.05, 3.63) is 0 Å². The molecule has 0 fully saturated rings. The fraction of sp³-hybridized carbons (Fsp3) is 0.800. The van der Waals surface area contributed by atoms with Crippen LogP contribution in [0.1, 0.15) is 0 Å². The molecule has 5 N–H and O–H groups in total. The summed E-state index contributed by atoms with van der Waals surface area (Å²) in [5.74, 6) is 0. The third kappa shape index (κ3) is 3.28. The molecule has 0 saturated carbocycles. The monoisotopic (exact) mass is 165 g/mol. The average Bonchev–Trinajstić information content (AvgIpc) is 2.02. The zero-order valence-corrected chi connectivity index (χ0v) is 5.70. The van der Waals surface area contributed by atoms with E-state index in [1.54, 1.807) is 0 Å². The Hall–Kier alpha value is -0.690. The maximum atomic E-state index is 8.85. The van der Waals surface area contributed by atoms with Crippen molar-refractivity contribution < 1.29 is 25.6 Å². The predicted octanol–water partition coefficient (Wildman–Crippen LogP) is -2.48. The van der Waals surface area contributed by atoms with Gasteiger partial charge in [0, 0.05) is 0 Å². The first-order chi connectivity index (χ1) is 5.13. The molecular weight excluding hydrogens is 154 g/mol. The van der Waals surface area contributed by atoms with Crippen LogP contribution in [0.2, 0.25) is 0 Å². The van der Waals surface area contributed by atoms with Crippen molar-refractivity contribution in [3.8, 4) is 0 Å². The molecule has 0 radical (unpaired) electrons. The van der Waals surface area contributed by atoms with E-state index in [0.717, 1.165) is 0 Å². The predicted molar refractivity (Wildman–Crippen MR) is 35.4 cm³/mol. The van der Waals surface area contributed by atoms with Gasteiger partial charge in [0.1, 0.15) is 18.3 Å². The van der Waals surface area contributed by atoms with E-state index < -0.39 is 24.9 Å². The number of oxime groups is 1. The minimum absolute atomic E-state index is 0.642. The van der Waals surface area contributed by atoms with Crippen molar-refractivity contribution in [1.29, 1.82) is 0 Å². The summed E-state index contributed by atoms with van der Waals surface area (Å²) in [5.41, 5.74) is 0. The highest BCUT2D eigenvalue weighted by Gasteiger charge is 2.22. The summed E-state index contributed by atoms with van der Waals surface area (Å²) in [7, 11) is 0. The van der Waals surface area contributed by atoms with Gasteiger partial charge in [-0.3, -0.25) is 0 Å². The molecule has 6 heteroatoms. The Morgan fingerprint density at radius 3 is 2.18 bits per heavy atom. The third-order valence-corrected chi connectivity index (χ3v) is 1.15. The van der Waals surface area contributed by atoms with Gasteiger partial charge < -0.3 is 25.6 Å². The SMILES string of the molecule is OC[C@H](O)[C@H](O)[C@H](O)/C=N/O. The number of aliphatic hydroxyl groups is 4. The van der Waals surface area contributed by atoms with E-state index in [2.05, 4.69) is 5.16 Å². The lowest BCUT2D eigenvalue weighted by Gasteiger charge is -2.17. The van der Waals surface area contributed by atoms with Gasteiger partial charge in [-0.1, -0.05) is 5.16 Å². The normalized spacial score (nSPS) is 20.0. The first-order valence-corrected chi connectivity index (χ1v) is 2.96. The van der Waals surface area contributed by atoms with Crippen LogP contribution in [0.3, 0.4) is 0 Å². The van der Waals surface area contributed by atoms with Gasteiger partial charge in [0.25, 0.3) is 0 Å². The topological polar surface area (TPSA) is 114 Å². The van der Waals surface area contributed by atoms with Crippen molar-refractivity contribution >= 4 is 6.21 Å². The highest BCUT2D eigenvalue weighted by Crippen LogP contribution is 1.97. The minimum Gasteiger partial charge on any atom is -0.411 e. The molecule has 0 saturated heterocycles. The van der Waals surface area contributed by atoms with E-state index in [0.29, 0.717) is 6.21 Å². The Kier molecular flexibility index (Phi) is 4.71. The van der Waals surface area contributed by atoms with Gasteiger partial charge in [-0.25, -0.2) is 0 Å². The van der Waals surface area contributed by atoms with Gasteiger partial charge in [-0.05, 0) is 0 Å². The van der Waals surface area contributed by atoms with E-state index in [9.17, 15) is 0 Å². The van der Waals surface area contributed by atoms with Crippen molar-refractivity contribution in [3.63, 3.8) is 0 Å². The van der Waals surface area contributed by atoms with E-state index in [4.69, 9.17) is 25.6 Å². The molecule has 6 nitrogen and oxygen atoms in total. The van der Waals surface area contributed by atoms with Crippen LogP contribution in [0.5, 0.6) is 0 Å². The molecule has 0 bridgehead atoms. The van der Waals surface area contributed by atoms with Crippen LogP contribution >= 0.6 is 0 Å². The number of nitrogens with zero attached hydrogens (tertiary/aromatic N) is 1. The summed E-state index contributed by atoms with van der Waals surface area (Å²) in [4.78, 5) is 0. The Bertz CT molecular complexity index is 128. The number of rotatable bonds is 4. The molecular formula is C5H11NO5. The second-order valence-electron chi connectivity index (χ2n) is 2.00. The summed E-state index contributed by atoms with van der Waals surface area (Å²) in [6.07, 6.45) is -3.83. The van der Waals surface area contributed by atoms with Crippen LogP contribution in [0, 0.1) is 0 Å². The van der Waals surface area contributed by atoms with Crippen molar-refractivity contribution in [1.82, 2.24) is 0 Å². The van der Waals surface area contributed by atoms with Gasteiger partial charge in [0.2, 0.25) is 0 Å². The van der Waals surface area contributed by atoms with Crippen molar-refractivity contribution in [2.75, 3.05) is 6.61 Å². The second-order valence-corrected chi connectivity index (χ2v) is 2.00. The molecule has 66 valence electrons. The van der Waals surface area contributed by atoms with Gasteiger partial charge in [-0.2, -0.15) is 0 Å². The van der Waals surface area contributed by atoms with Crippen LogP contribution in [0.25, 0.3) is 0 Å². The lowest BCUT2D eigenvalue weighted by molar-refractivity contribution is -0.0546. The molecule has 0 amide bonds. The highest BCUT2D eigenvalue weighted by molar-refractivity contribution is 5.62. The Balaban J connectivity index is 3.90. The fourth-order valence-electron chi connectivity index (χ4n) is 0.492. The molecule has 0 unspecified atom stereocenters. The number of aliphatic hydroxyl groups excluding tert-OH is 4. The molecule has 0 aliphatic heterocycles. The van der Waals surface area contributed by atoms with E-state index in [1.165, 1.54) is 0 Å². The summed E-state index contributed by atoms with van der Waals surface area (Å²) in [6, 6.07) is 0. The minimum atomic E-state index is -1.55. The van der Waals surface area contributed by atoms with Crippen LogP contribution < -0.4 is 0 Å². The molecule has 0 heterocycles. The summed E-state index contributed by atoms with van der Waals surface area (Å²) < 4.78 is 0. The quantitative estimate of drug-likeness (QED) is 0.180. The third-order valence-electron chi connectivity index (χ3n) is 1.15. The molecule has 0 aromatic carbocycles. The molecule has 0 aliphatic carbocycles. The van der Waals surface area contributed by atoms with Crippen molar-refractivity contribution in [2.24, 2.45) is 5.16 Å². The van der Waals surface area contributed by atoms with Crippen molar-refractivity contribution in [2.45, 2.75) is 18.3 Å². The van der Waals surface area contributed by atoms with Crippen LogP contribution in [-0.4, -0.2) is 56.8 Å². The summed E-state index contributed by atoms with van der Waals surface area (Å²) in [5, 5.41) is 45.0. The molecule has 3 atom stereocenters. The van der Waals surface area contributed by atoms with Gasteiger partial charge >= 0.3 is 0 Å². The maximum Gasteiger partial charge on any atom is 0.121 e. The summed E-state index contributed by atoms with van der Waals surface area (Å²) in [6.45, 7) is -0.669. The highest BCUT2D eigenvalue weighted by atomic mass is 16.4. The fourth-order valence-corrected chi connectivity index (χ4v) is 0.492. The zero-order valence-electron chi connectivity index (χ0n) is 5.70. The largest absolute Gasteiger partial charge is 0.411 e. The van der Waals surface area contributed by atoms with Gasteiger partial charge in [0.15, 0.2) is 0 Å². The maximum absolute atomic E-state index is 8.85. The second kappa shape index (κ2) is 5.03. The van der Waals surface area contributed by atoms with Crippen LogP contribution in [0.4, 0.5) is 0 Å². The first-order valence-electron chi connectivity index (χ1n) is 2.96. The average molecular weight is 165 g/mol. The molecule has 0 aliphatic rings. The molecule has 0 rings (SSSR count). The van der Waals surface area contributed by atoms with Crippen LogP contribution in [0.15, 0.2) is 5.16 Å². The lowest BCUT2D eigenvalue weighted by Crippen LogP contribution is -2.40. The molecule has 0 spiro atoms. The molecule has 11 heavy (non-hydrogen) atoms. The molecule has 0 aromatic rings.